The van der Waals surface area contributed by atoms with Gasteiger partial charge in [-0.05, 0) is 25.5 Å². The highest BCUT2D eigenvalue weighted by Crippen LogP contribution is 2.24. The molecule has 0 saturated carbocycles. The molecule has 1 aromatic heterocycles. The van der Waals surface area contributed by atoms with Gasteiger partial charge < -0.3 is 9.80 Å². The second-order valence-electron chi connectivity index (χ2n) is 7.56. The van der Waals surface area contributed by atoms with Gasteiger partial charge in [0.1, 0.15) is 6.54 Å². The van der Waals surface area contributed by atoms with E-state index in [1.807, 2.05) is 67.3 Å². The lowest BCUT2D eigenvalue weighted by atomic mass is 10.0. The van der Waals surface area contributed by atoms with Crippen molar-refractivity contribution in [1.82, 2.24) is 20.0 Å². The summed E-state index contributed by atoms with van der Waals surface area (Å²) in [5.74, 6) is -0.204. The number of carbonyl (C=O) groups is 2. The standard InChI is InChI=1S/C23H24N4O2/c1-16-6-8-18(9-7-16)14-26-10-11-27(15-21(26)28)23(29)20-13-24-25-22(20)19-5-3-4-17(2)12-19/h3-9,12-13H,10-11,14-15H2,1-2H3,(H,24,25). The molecule has 1 fully saturated rings. The fourth-order valence-corrected chi connectivity index (χ4v) is 3.60. The second kappa shape index (κ2) is 7.91. The van der Waals surface area contributed by atoms with Crippen LogP contribution in [-0.4, -0.2) is 51.4 Å². The molecule has 2 amide bonds. The van der Waals surface area contributed by atoms with E-state index in [2.05, 4.69) is 10.2 Å². The fraction of sp³-hybridized carbons (Fsp3) is 0.261. The first-order valence-corrected chi connectivity index (χ1v) is 9.74. The van der Waals surface area contributed by atoms with Gasteiger partial charge in [0.2, 0.25) is 5.91 Å². The summed E-state index contributed by atoms with van der Waals surface area (Å²) in [6.07, 6.45) is 1.54. The highest BCUT2D eigenvalue weighted by molar-refractivity contribution is 6.01. The first kappa shape index (κ1) is 18.9. The van der Waals surface area contributed by atoms with Gasteiger partial charge in [-0.25, -0.2) is 0 Å². The predicted molar refractivity (Wildman–Crippen MR) is 111 cm³/mol. The number of aromatic amines is 1. The monoisotopic (exact) mass is 388 g/mol. The van der Waals surface area contributed by atoms with Crippen LogP contribution in [0.1, 0.15) is 27.0 Å². The molecule has 0 bridgehead atoms. The Kier molecular flexibility index (Phi) is 5.16. The Labute approximate surface area is 170 Å². The minimum absolute atomic E-state index is 0.0363. The van der Waals surface area contributed by atoms with Gasteiger partial charge in [0, 0.05) is 25.2 Å². The van der Waals surface area contributed by atoms with Crippen molar-refractivity contribution in [3.63, 3.8) is 0 Å². The number of aromatic nitrogens is 2. The first-order chi connectivity index (χ1) is 14.0. The summed E-state index contributed by atoms with van der Waals surface area (Å²) in [6, 6.07) is 16.1. The Morgan fingerprint density at radius 2 is 1.86 bits per heavy atom. The summed E-state index contributed by atoms with van der Waals surface area (Å²) >= 11 is 0. The smallest absolute Gasteiger partial charge is 0.258 e. The molecule has 148 valence electrons. The van der Waals surface area contributed by atoms with E-state index in [4.69, 9.17) is 0 Å². The SMILES string of the molecule is Cc1ccc(CN2CCN(C(=O)c3cn[nH]c3-c3cccc(C)c3)CC2=O)cc1. The highest BCUT2D eigenvalue weighted by atomic mass is 16.2. The number of amides is 2. The van der Waals surface area contributed by atoms with Crippen LogP contribution >= 0.6 is 0 Å². The Balaban J connectivity index is 1.46. The number of piperazine rings is 1. The van der Waals surface area contributed by atoms with Gasteiger partial charge in [-0.2, -0.15) is 5.10 Å². The summed E-state index contributed by atoms with van der Waals surface area (Å²) in [7, 11) is 0. The summed E-state index contributed by atoms with van der Waals surface area (Å²) in [6.45, 7) is 5.74. The summed E-state index contributed by atoms with van der Waals surface area (Å²) in [5.41, 5.74) is 5.49. The van der Waals surface area contributed by atoms with Gasteiger partial charge in [-0.1, -0.05) is 53.6 Å². The zero-order valence-corrected chi connectivity index (χ0v) is 16.7. The van der Waals surface area contributed by atoms with E-state index in [0.717, 1.165) is 16.7 Å². The number of H-pyrrole nitrogens is 1. The van der Waals surface area contributed by atoms with Crippen molar-refractivity contribution < 1.29 is 9.59 Å². The van der Waals surface area contributed by atoms with Crippen LogP contribution in [0.3, 0.4) is 0 Å². The van der Waals surface area contributed by atoms with E-state index in [1.165, 1.54) is 5.56 Å². The van der Waals surface area contributed by atoms with Crippen molar-refractivity contribution in [3.05, 3.63) is 77.0 Å². The molecule has 0 spiro atoms. The van der Waals surface area contributed by atoms with Gasteiger partial charge in [0.05, 0.1) is 17.5 Å². The minimum Gasteiger partial charge on any atom is -0.335 e. The van der Waals surface area contributed by atoms with Gasteiger partial charge in [0.15, 0.2) is 0 Å². The van der Waals surface area contributed by atoms with E-state index in [0.29, 0.717) is 30.9 Å². The number of aryl methyl sites for hydroxylation is 2. The Hall–Kier alpha value is -3.41. The highest BCUT2D eigenvalue weighted by Gasteiger charge is 2.29. The zero-order valence-electron chi connectivity index (χ0n) is 16.7. The van der Waals surface area contributed by atoms with Crippen LogP contribution in [0.25, 0.3) is 11.3 Å². The van der Waals surface area contributed by atoms with Crippen LogP contribution in [0, 0.1) is 13.8 Å². The lowest BCUT2D eigenvalue weighted by molar-refractivity contribution is -0.135. The van der Waals surface area contributed by atoms with Crippen molar-refractivity contribution in [2.24, 2.45) is 0 Å². The molecule has 1 N–H and O–H groups in total. The van der Waals surface area contributed by atoms with Gasteiger partial charge in [-0.15, -0.1) is 0 Å². The van der Waals surface area contributed by atoms with E-state index in [1.54, 1.807) is 11.1 Å². The fourth-order valence-electron chi connectivity index (χ4n) is 3.60. The number of carbonyl (C=O) groups excluding carboxylic acids is 2. The van der Waals surface area contributed by atoms with E-state index in [-0.39, 0.29) is 18.4 Å². The van der Waals surface area contributed by atoms with Gasteiger partial charge in [-0.3, -0.25) is 14.7 Å². The van der Waals surface area contributed by atoms with Crippen molar-refractivity contribution in [1.29, 1.82) is 0 Å². The molecule has 6 nitrogen and oxygen atoms in total. The summed E-state index contributed by atoms with van der Waals surface area (Å²) < 4.78 is 0. The van der Waals surface area contributed by atoms with E-state index >= 15 is 0 Å². The van der Waals surface area contributed by atoms with Crippen LogP contribution in [-0.2, 0) is 11.3 Å². The molecule has 29 heavy (non-hydrogen) atoms. The summed E-state index contributed by atoms with van der Waals surface area (Å²) in [5, 5.41) is 7.01. The molecule has 0 radical (unpaired) electrons. The van der Waals surface area contributed by atoms with Crippen LogP contribution in [0.2, 0.25) is 0 Å². The van der Waals surface area contributed by atoms with Crippen LogP contribution in [0.5, 0.6) is 0 Å². The van der Waals surface area contributed by atoms with Crippen LogP contribution < -0.4 is 0 Å². The van der Waals surface area contributed by atoms with Gasteiger partial charge >= 0.3 is 0 Å². The topological polar surface area (TPSA) is 69.3 Å². The van der Waals surface area contributed by atoms with Crippen LogP contribution in [0.4, 0.5) is 0 Å². The van der Waals surface area contributed by atoms with Crippen LogP contribution in [0.15, 0.2) is 54.7 Å². The molecule has 1 aliphatic heterocycles. The van der Waals surface area contributed by atoms with E-state index in [9.17, 15) is 9.59 Å². The van der Waals surface area contributed by atoms with Crippen molar-refractivity contribution in [2.75, 3.05) is 19.6 Å². The third-order valence-corrected chi connectivity index (χ3v) is 5.28. The summed E-state index contributed by atoms with van der Waals surface area (Å²) in [4.78, 5) is 29.2. The van der Waals surface area contributed by atoms with Gasteiger partial charge in [0.25, 0.3) is 5.91 Å². The maximum Gasteiger partial charge on any atom is 0.258 e. The Morgan fingerprint density at radius 3 is 2.59 bits per heavy atom. The molecule has 6 heteroatoms. The largest absolute Gasteiger partial charge is 0.335 e. The lowest BCUT2D eigenvalue weighted by Crippen LogP contribution is -2.51. The normalized spacial score (nSPS) is 14.3. The quantitative estimate of drug-likeness (QED) is 0.746. The zero-order chi connectivity index (χ0) is 20.4. The van der Waals surface area contributed by atoms with Crippen molar-refractivity contribution >= 4 is 11.8 Å². The number of hydrogen-bond acceptors (Lipinski definition) is 3. The molecule has 1 saturated heterocycles. The maximum absolute atomic E-state index is 13.1. The third kappa shape index (κ3) is 4.06. The molecule has 0 atom stereocenters. The predicted octanol–water partition coefficient (Wildman–Crippen LogP) is 3.18. The Bertz CT molecular complexity index is 1040. The Morgan fingerprint density at radius 1 is 1.07 bits per heavy atom. The number of nitrogens with zero attached hydrogens (tertiary/aromatic N) is 3. The van der Waals surface area contributed by atoms with E-state index < -0.39 is 0 Å². The molecule has 0 aliphatic carbocycles. The number of hydrogen-bond donors (Lipinski definition) is 1. The first-order valence-electron chi connectivity index (χ1n) is 9.74. The second-order valence-corrected chi connectivity index (χ2v) is 7.56. The third-order valence-electron chi connectivity index (χ3n) is 5.28. The molecule has 1 aliphatic rings. The average molecular weight is 388 g/mol. The minimum atomic E-state index is -0.168. The average Bonchev–Trinajstić information content (AvgIpc) is 3.20. The molecular weight excluding hydrogens is 364 g/mol. The molecular formula is C23H24N4O2. The number of nitrogens with one attached hydrogen (secondary N) is 1. The lowest BCUT2D eigenvalue weighted by Gasteiger charge is -2.34. The molecule has 2 aromatic carbocycles. The van der Waals surface area contributed by atoms with Crippen molar-refractivity contribution in [2.45, 2.75) is 20.4 Å². The molecule has 3 aromatic rings. The molecule has 4 rings (SSSR count). The molecule has 0 unspecified atom stereocenters. The van der Waals surface area contributed by atoms with Crippen molar-refractivity contribution in [3.8, 4) is 11.3 Å². The molecule has 2 heterocycles. The number of rotatable bonds is 4. The number of benzene rings is 2. The maximum atomic E-state index is 13.1.